The fraction of sp³-hybridized carbons (Fsp3) is 0.273. The molecule has 0 unspecified atom stereocenters. The van der Waals surface area contributed by atoms with Crippen LogP contribution in [-0.4, -0.2) is 10.1 Å². The number of hydrogen-bond donors (Lipinski definition) is 0. The first kappa shape index (κ1) is 9.83. The van der Waals surface area contributed by atoms with Gasteiger partial charge in [-0.3, -0.25) is 0 Å². The summed E-state index contributed by atoms with van der Waals surface area (Å²) in [5, 5.41) is 3.79. The largest absolute Gasteiger partial charge is 0.339 e. The van der Waals surface area contributed by atoms with Crippen molar-refractivity contribution >= 4 is 0 Å². The molecule has 0 atom stereocenters. The summed E-state index contributed by atoms with van der Waals surface area (Å²) in [6, 6.07) is 6.27. The zero-order valence-corrected chi connectivity index (χ0v) is 8.40. The van der Waals surface area contributed by atoms with Crippen LogP contribution in [0.2, 0.25) is 0 Å². The molecule has 0 radical (unpaired) electrons. The summed E-state index contributed by atoms with van der Waals surface area (Å²) in [5.41, 5.74) is 0.961. The van der Waals surface area contributed by atoms with E-state index in [2.05, 4.69) is 10.1 Å². The van der Waals surface area contributed by atoms with E-state index in [-0.39, 0.29) is 5.82 Å². The highest BCUT2D eigenvalue weighted by molar-refractivity contribution is 5.19. The Kier molecular flexibility index (Phi) is 2.76. The minimum atomic E-state index is -0.237. The third-order valence-corrected chi connectivity index (χ3v) is 2.09. The number of benzene rings is 1. The second kappa shape index (κ2) is 4.21. The molecule has 0 aliphatic carbocycles. The SMILES string of the molecule is CCc1noc(Cc2ccc(F)cc2)n1. The second-order valence-corrected chi connectivity index (χ2v) is 3.26. The van der Waals surface area contributed by atoms with Crippen LogP contribution in [0.25, 0.3) is 0 Å². The first-order valence-corrected chi connectivity index (χ1v) is 4.84. The minimum absolute atomic E-state index is 0.237. The van der Waals surface area contributed by atoms with Crippen LogP contribution >= 0.6 is 0 Å². The molecular weight excluding hydrogens is 195 g/mol. The standard InChI is InChI=1S/C11H11FN2O/c1-2-10-13-11(15-14-10)7-8-3-5-9(12)6-4-8/h3-6H,2,7H2,1H3. The molecule has 2 aromatic rings. The fourth-order valence-corrected chi connectivity index (χ4v) is 1.28. The lowest BCUT2D eigenvalue weighted by atomic mass is 10.1. The Hall–Kier alpha value is -1.71. The quantitative estimate of drug-likeness (QED) is 0.773. The van der Waals surface area contributed by atoms with Crippen molar-refractivity contribution in [2.24, 2.45) is 0 Å². The smallest absolute Gasteiger partial charge is 0.231 e. The van der Waals surface area contributed by atoms with Crippen LogP contribution in [0, 0.1) is 5.82 Å². The molecular formula is C11H11FN2O. The zero-order valence-electron chi connectivity index (χ0n) is 8.40. The van der Waals surface area contributed by atoms with Gasteiger partial charge in [0.05, 0.1) is 6.42 Å². The van der Waals surface area contributed by atoms with Crippen molar-refractivity contribution < 1.29 is 8.91 Å². The molecule has 78 valence electrons. The van der Waals surface area contributed by atoms with Gasteiger partial charge in [0.2, 0.25) is 5.89 Å². The van der Waals surface area contributed by atoms with E-state index in [1.165, 1.54) is 12.1 Å². The second-order valence-electron chi connectivity index (χ2n) is 3.26. The molecule has 0 saturated heterocycles. The monoisotopic (exact) mass is 206 g/mol. The Balaban J connectivity index is 2.11. The van der Waals surface area contributed by atoms with Crippen molar-refractivity contribution in [2.45, 2.75) is 19.8 Å². The van der Waals surface area contributed by atoms with Gasteiger partial charge in [0.25, 0.3) is 0 Å². The van der Waals surface area contributed by atoms with Crippen LogP contribution in [0.5, 0.6) is 0 Å². The van der Waals surface area contributed by atoms with Gasteiger partial charge in [0.1, 0.15) is 5.82 Å². The molecule has 0 aliphatic rings. The number of aromatic nitrogens is 2. The maximum absolute atomic E-state index is 12.6. The number of hydrogen-bond acceptors (Lipinski definition) is 3. The molecule has 3 nitrogen and oxygen atoms in total. The lowest BCUT2D eigenvalue weighted by Crippen LogP contribution is -1.89. The topological polar surface area (TPSA) is 38.9 Å². The van der Waals surface area contributed by atoms with Crippen LogP contribution in [0.15, 0.2) is 28.8 Å². The minimum Gasteiger partial charge on any atom is -0.339 e. The molecule has 4 heteroatoms. The summed E-state index contributed by atoms with van der Waals surface area (Å²) in [7, 11) is 0. The first-order valence-electron chi connectivity index (χ1n) is 4.84. The van der Waals surface area contributed by atoms with E-state index < -0.39 is 0 Å². The van der Waals surface area contributed by atoms with Crippen LogP contribution in [0.1, 0.15) is 24.2 Å². The Labute approximate surface area is 86.9 Å². The molecule has 1 aromatic carbocycles. The highest BCUT2D eigenvalue weighted by Gasteiger charge is 2.05. The first-order chi connectivity index (χ1) is 7.28. The Morgan fingerprint density at radius 2 is 2.00 bits per heavy atom. The Morgan fingerprint density at radius 1 is 1.27 bits per heavy atom. The molecule has 0 fully saturated rings. The molecule has 0 spiro atoms. The van der Waals surface area contributed by atoms with Crippen molar-refractivity contribution in [1.29, 1.82) is 0 Å². The van der Waals surface area contributed by atoms with E-state index in [1.54, 1.807) is 12.1 Å². The number of rotatable bonds is 3. The molecule has 1 aromatic heterocycles. The number of halogens is 1. The van der Waals surface area contributed by atoms with Gasteiger partial charge in [-0.15, -0.1) is 0 Å². The lowest BCUT2D eigenvalue weighted by molar-refractivity contribution is 0.380. The normalized spacial score (nSPS) is 10.5. The van der Waals surface area contributed by atoms with E-state index >= 15 is 0 Å². The molecule has 0 bridgehead atoms. The maximum atomic E-state index is 12.6. The van der Waals surface area contributed by atoms with Gasteiger partial charge in [0.15, 0.2) is 5.82 Å². The van der Waals surface area contributed by atoms with Gasteiger partial charge in [-0.2, -0.15) is 4.98 Å². The number of nitrogens with zero attached hydrogens (tertiary/aromatic N) is 2. The molecule has 0 amide bonds. The van der Waals surface area contributed by atoms with Gasteiger partial charge in [-0.25, -0.2) is 4.39 Å². The Morgan fingerprint density at radius 3 is 2.60 bits per heavy atom. The van der Waals surface area contributed by atoms with Gasteiger partial charge in [-0.05, 0) is 17.7 Å². The summed E-state index contributed by atoms with van der Waals surface area (Å²) >= 11 is 0. The summed E-state index contributed by atoms with van der Waals surface area (Å²) in [6.07, 6.45) is 1.31. The van der Waals surface area contributed by atoms with E-state index in [4.69, 9.17) is 4.52 Å². The zero-order chi connectivity index (χ0) is 10.7. The van der Waals surface area contributed by atoms with Crippen molar-refractivity contribution in [1.82, 2.24) is 10.1 Å². The van der Waals surface area contributed by atoms with Crippen LogP contribution < -0.4 is 0 Å². The van der Waals surface area contributed by atoms with Crippen molar-refractivity contribution in [3.63, 3.8) is 0 Å². The van der Waals surface area contributed by atoms with E-state index in [0.717, 1.165) is 12.0 Å². The van der Waals surface area contributed by atoms with Crippen molar-refractivity contribution in [3.05, 3.63) is 47.4 Å². The third kappa shape index (κ3) is 2.40. The lowest BCUT2D eigenvalue weighted by Gasteiger charge is -1.95. The molecule has 0 aliphatic heterocycles. The summed E-state index contributed by atoms with van der Waals surface area (Å²) in [4.78, 5) is 4.17. The molecule has 0 N–H and O–H groups in total. The van der Waals surface area contributed by atoms with Crippen LogP contribution in [0.4, 0.5) is 4.39 Å². The predicted molar refractivity (Wildman–Crippen MR) is 52.9 cm³/mol. The fourth-order valence-electron chi connectivity index (χ4n) is 1.28. The van der Waals surface area contributed by atoms with Gasteiger partial charge in [0, 0.05) is 6.42 Å². The van der Waals surface area contributed by atoms with Crippen molar-refractivity contribution in [3.8, 4) is 0 Å². The summed E-state index contributed by atoms with van der Waals surface area (Å²) in [5.74, 6) is 1.03. The molecule has 15 heavy (non-hydrogen) atoms. The molecule has 0 saturated carbocycles. The summed E-state index contributed by atoms with van der Waals surface area (Å²) in [6.45, 7) is 1.96. The highest BCUT2D eigenvalue weighted by atomic mass is 19.1. The van der Waals surface area contributed by atoms with Crippen LogP contribution in [-0.2, 0) is 12.8 Å². The highest BCUT2D eigenvalue weighted by Crippen LogP contribution is 2.08. The van der Waals surface area contributed by atoms with Gasteiger partial charge >= 0.3 is 0 Å². The third-order valence-electron chi connectivity index (χ3n) is 2.09. The Bertz CT molecular complexity index is 436. The molecule has 2 rings (SSSR count). The van der Waals surface area contributed by atoms with Crippen molar-refractivity contribution in [2.75, 3.05) is 0 Å². The summed E-state index contributed by atoms with van der Waals surface area (Å²) < 4.78 is 17.7. The number of aryl methyl sites for hydroxylation is 1. The molecule has 1 heterocycles. The van der Waals surface area contributed by atoms with Gasteiger partial charge in [-0.1, -0.05) is 24.2 Å². The van der Waals surface area contributed by atoms with E-state index in [1.807, 2.05) is 6.92 Å². The average Bonchev–Trinajstić information content (AvgIpc) is 2.69. The predicted octanol–water partition coefficient (Wildman–Crippen LogP) is 2.36. The van der Waals surface area contributed by atoms with Gasteiger partial charge < -0.3 is 4.52 Å². The van der Waals surface area contributed by atoms with E-state index in [9.17, 15) is 4.39 Å². The van der Waals surface area contributed by atoms with E-state index in [0.29, 0.717) is 18.1 Å². The maximum Gasteiger partial charge on any atom is 0.231 e. The average molecular weight is 206 g/mol. The van der Waals surface area contributed by atoms with Crippen LogP contribution in [0.3, 0.4) is 0 Å².